The van der Waals surface area contributed by atoms with E-state index in [0.29, 0.717) is 10.5 Å². The molecule has 2 atom stereocenters. The van der Waals surface area contributed by atoms with Crippen LogP contribution in [-0.2, 0) is 6.42 Å². The molecule has 1 aliphatic carbocycles. The smallest absolute Gasteiger partial charge is 0.0311 e. The van der Waals surface area contributed by atoms with Crippen molar-refractivity contribution in [1.82, 2.24) is 4.98 Å². The van der Waals surface area contributed by atoms with Crippen molar-refractivity contribution in [2.45, 2.75) is 36.7 Å². The fourth-order valence-corrected chi connectivity index (χ4v) is 4.26. The summed E-state index contributed by atoms with van der Waals surface area (Å²) in [6, 6.07) is 13.1. The topological polar surface area (TPSA) is 12.9 Å². The molecule has 0 radical (unpaired) electrons. The first kappa shape index (κ1) is 12.7. The molecule has 1 nitrogen and oxygen atoms in total. The molecular formula is C17H19NS. The van der Waals surface area contributed by atoms with E-state index >= 15 is 0 Å². The van der Waals surface area contributed by atoms with E-state index in [-0.39, 0.29) is 0 Å². The number of aromatic nitrogens is 1. The average Bonchev–Trinajstić information content (AvgIpc) is 2.48. The van der Waals surface area contributed by atoms with Crippen molar-refractivity contribution in [1.29, 1.82) is 0 Å². The highest BCUT2D eigenvalue weighted by Crippen LogP contribution is 2.46. The molecular weight excluding hydrogens is 250 g/mol. The van der Waals surface area contributed by atoms with Crippen LogP contribution in [0.15, 0.2) is 48.8 Å². The predicted octanol–water partition coefficient (Wildman–Crippen LogP) is 4.95. The van der Waals surface area contributed by atoms with E-state index in [4.69, 9.17) is 0 Å². The third-order valence-corrected chi connectivity index (χ3v) is 5.34. The molecule has 98 valence electrons. The lowest BCUT2D eigenvalue weighted by Gasteiger charge is -2.27. The van der Waals surface area contributed by atoms with Crippen LogP contribution in [0, 0.1) is 0 Å². The fraction of sp³-hybridized carbons (Fsp3) is 0.353. The minimum Gasteiger partial charge on any atom is -0.264 e. The summed E-state index contributed by atoms with van der Waals surface area (Å²) in [4.78, 5) is 4.23. The lowest BCUT2D eigenvalue weighted by atomic mass is 9.91. The number of hydrogen-bond donors (Lipinski definition) is 0. The fourth-order valence-electron chi connectivity index (χ4n) is 2.79. The molecule has 0 fully saturated rings. The molecule has 0 aliphatic heterocycles. The lowest BCUT2D eigenvalue weighted by Crippen LogP contribution is -2.08. The van der Waals surface area contributed by atoms with Crippen molar-refractivity contribution < 1.29 is 0 Å². The molecule has 0 saturated carbocycles. The van der Waals surface area contributed by atoms with Gasteiger partial charge in [-0.3, -0.25) is 4.98 Å². The first-order valence-electron chi connectivity index (χ1n) is 6.98. The van der Waals surface area contributed by atoms with Gasteiger partial charge in [0.15, 0.2) is 0 Å². The van der Waals surface area contributed by atoms with Crippen molar-refractivity contribution in [3.63, 3.8) is 0 Å². The lowest BCUT2D eigenvalue weighted by molar-refractivity contribution is 0.671. The molecule has 19 heavy (non-hydrogen) atoms. The second kappa shape index (κ2) is 5.79. The van der Waals surface area contributed by atoms with Gasteiger partial charge in [-0.25, -0.2) is 0 Å². The van der Waals surface area contributed by atoms with E-state index in [1.165, 1.54) is 24.8 Å². The van der Waals surface area contributed by atoms with Gasteiger partial charge in [-0.1, -0.05) is 30.3 Å². The van der Waals surface area contributed by atoms with Crippen LogP contribution in [0.5, 0.6) is 0 Å². The van der Waals surface area contributed by atoms with E-state index in [9.17, 15) is 0 Å². The molecule has 1 heterocycles. The minimum absolute atomic E-state index is 0.504. The summed E-state index contributed by atoms with van der Waals surface area (Å²) < 4.78 is 0. The predicted molar refractivity (Wildman–Crippen MR) is 82.4 cm³/mol. The quantitative estimate of drug-likeness (QED) is 0.781. The number of thioether (sulfide) groups is 1. The van der Waals surface area contributed by atoms with Crippen molar-refractivity contribution in [3.8, 4) is 0 Å². The molecule has 1 aromatic heterocycles. The summed E-state index contributed by atoms with van der Waals surface area (Å²) in [6.07, 6.45) is 7.69. The third kappa shape index (κ3) is 2.84. The largest absolute Gasteiger partial charge is 0.264 e. The SMILES string of the molecule is CC(SC1CCCc2ccccc21)c1cccnc1. The van der Waals surface area contributed by atoms with Crippen molar-refractivity contribution in [3.05, 3.63) is 65.5 Å². The Balaban J connectivity index is 1.78. The van der Waals surface area contributed by atoms with Crippen LogP contribution < -0.4 is 0 Å². The van der Waals surface area contributed by atoms with Gasteiger partial charge in [0.25, 0.3) is 0 Å². The third-order valence-electron chi connectivity index (χ3n) is 3.84. The van der Waals surface area contributed by atoms with Crippen molar-refractivity contribution in [2.75, 3.05) is 0 Å². The Hall–Kier alpha value is -1.28. The summed E-state index contributed by atoms with van der Waals surface area (Å²) in [5.74, 6) is 0. The monoisotopic (exact) mass is 269 g/mol. The molecule has 0 spiro atoms. The van der Waals surface area contributed by atoms with Crippen LogP contribution in [0.25, 0.3) is 0 Å². The number of rotatable bonds is 3. The Kier molecular flexibility index (Phi) is 3.88. The normalized spacial score (nSPS) is 19.7. The molecule has 1 aromatic carbocycles. The molecule has 1 aliphatic rings. The Bertz CT molecular complexity index is 538. The number of benzene rings is 1. The highest BCUT2D eigenvalue weighted by atomic mass is 32.2. The standard InChI is InChI=1S/C17H19NS/c1-13(15-8-5-11-18-12-15)19-17-10-4-7-14-6-2-3-9-16(14)17/h2-3,5-6,8-9,11-13,17H,4,7,10H2,1H3. The van der Waals surface area contributed by atoms with E-state index in [1.54, 1.807) is 11.1 Å². The molecule has 0 saturated heterocycles. The highest BCUT2D eigenvalue weighted by molar-refractivity contribution is 7.99. The Morgan fingerprint density at radius 1 is 1.21 bits per heavy atom. The molecule has 2 aromatic rings. The molecule has 3 rings (SSSR count). The van der Waals surface area contributed by atoms with Crippen LogP contribution >= 0.6 is 11.8 Å². The van der Waals surface area contributed by atoms with Gasteiger partial charge in [-0.05, 0) is 48.9 Å². The van der Waals surface area contributed by atoms with Crippen LogP contribution in [0.1, 0.15) is 47.0 Å². The number of pyridine rings is 1. The number of fused-ring (bicyclic) bond motifs is 1. The number of aryl methyl sites for hydroxylation is 1. The van der Waals surface area contributed by atoms with E-state index < -0.39 is 0 Å². The molecule has 0 amide bonds. The summed E-state index contributed by atoms with van der Waals surface area (Å²) in [6.45, 7) is 2.29. The van der Waals surface area contributed by atoms with Crippen LogP contribution in [0.3, 0.4) is 0 Å². The van der Waals surface area contributed by atoms with Gasteiger partial charge in [0.05, 0.1) is 0 Å². The molecule has 0 bridgehead atoms. The zero-order chi connectivity index (χ0) is 13.1. The summed E-state index contributed by atoms with van der Waals surface area (Å²) in [7, 11) is 0. The first-order valence-corrected chi connectivity index (χ1v) is 7.92. The highest BCUT2D eigenvalue weighted by Gasteiger charge is 2.22. The Labute approximate surface area is 119 Å². The molecule has 2 unspecified atom stereocenters. The van der Waals surface area contributed by atoms with Crippen LogP contribution in [-0.4, -0.2) is 4.98 Å². The van der Waals surface area contributed by atoms with Gasteiger partial charge in [0.2, 0.25) is 0 Å². The summed E-state index contributed by atoms with van der Waals surface area (Å²) in [5.41, 5.74) is 4.43. The van der Waals surface area contributed by atoms with Crippen molar-refractivity contribution >= 4 is 11.8 Å². The van der Waals surface area contributed by atoms with Gasteiger partial charge in [0, 0.05) is 22.9 Å². The molecule has 0 N–H and O–H groups in total. The van der Waals surface area contributed by atoms with Crippen LogP contribution in [0.2, 0.25) is 0 Å². The second-order valence-electron chi connectivity index (χ2n) is 5.14. The van der Waals surface area contributed by atoms with Gasteiger partial charge >= 0.3 is 0 Å². The van der Waals surface area contributed by atoms with Gasteiger partial charge in [0.1, 0.15) is 0 Å². The van der Waals surface area contributed by atoms with Gasteiger partial charge in [-0.15, -0.1) is 11.8 Å². The Morgan fingerprint density at radius 3 is 2.95 bits per heavy atom. The minimum atomic E-state index is 0.504. The maximum Gasteiger partial charge on any atom is 0.0311 e. The zero-order valence-electron chi connectivity index (χ0n) is 11.3. The summed E-state index contributed by atoms with van der Waals surface area (Å²) >= 11 is 2.08. The summed E-state index contributed by atoms with van der Waals surface area (Å²) in [5, 5.41) is 1.14. The molecule has 2 heteroatoms. The maximum absolute atomic E-state index is 4.23. The second-order valence-corrected chi connectivity index (χ2v) is 6.69. The van der Waals surface area contributed by atoms with Gasteiger partial charge in [-0.2, -0.15) is 0 Å². The van der Waals surface area contributed by atoms with Gasteiger partial charge < -0.3 is 0 Å². The zero-order valence-corrected chi connectivity index (χ0v) is 12.1. The van der Waals surface area contributed by atoms with Crippen molar-refractivity contribution in [2.24, 2.45) is 0 Å². The average molecular weight is 269 g/mol. The van der Waals surface area contributed by atoms with E-state index in [2.05, 4.69) is 54.0 Å². The first-order chi connectivity index (χ1) is 9.34. The van der Waals surface area contributed by atoms with Crippen LogP contribution in [0.4, 0.5) is 0 Å². The Morgan fingerprint density at radius 2 is 2.11 bits per heavy atom. The van der Waals surface area contributed by atoms with E-state index in [0.717, 1.165) is 0 Å². The maximum atomic E-state index is 4.23. The number of hydrogen-bond acceptors (Lipinski definition) is 2. The number of nitrogens with zero attached hydrogens (tertiary/aromatic N) is 1. The van der Waals surface area contributed by atoms with E-state index in [1.807, 2.05) is 18.5 Å².